The minimum absolute atomic E-state index is 0.0837. The van der Waals surface area contributed by atoms with Crippen molar-refractivity contribution in [3.05, 3.63) is 46.7 Å². The summed E-state index contributed by atoms with van der Waals surface area (Å²) in [5.74, 6) is -10.4. The number of esters is 1. The normalized spacial score (nSPS) is 14.3. The summed E-state index contributed by atoms with van der Waals surface area (Å²) < 4.78 is 65.0. The SMILES string of the molecule is CCOC(=O)C(=CN(CCNC(=O)OC(C)(C)C)C1CCC1)C(=O)c1cc(F)c(F)c(F)c1F. The summed E-state index contributed by atoms with van der Waals surface area (Å²) in [6, 6.07) is 0.102. The second kappa shape index (κ2) is 11.3. The quantitative estimate of drug-likeness (QED) is 0.0818. The van der Waals surface area contributed by atoms with E-state index in [1.54, 1.807) is 25.7 Å². The molecular weight excluding hydrogens is 460 g/mol. The molecule has 11 heteroatoms. The van der Waals surface area contributed by atoms with E-state index in [0.717, 1.165) is 25.5 Å². The molecule has 0 aromatic heterocycles. The van der Waals surface area contributed by atoms with E-state index in [1.807, 2.05) is 0 Å². The third-order valence-corrected chi connectivity index (χ3v) is 4.96. The van der Waals surface area contributed by atoms with Gasteiger partial charge < -0.3 is 19.7 Å². The van der Waals surface area contributed by atoms with Crippen molar-refractivity contribution in [1.29, 1.82) is 0 Å². The zero-order chi connectivity index (χ0) is 25.6. The Labute approximate surface area is 195 Å². The maximum absolute atomic E-state index is 14.2. The van der Waals surface area contributed by atoms with Gasteiger partial charge in [0.05, 0.1) is 12.2 Å². The fourth-order valence-electron chi connectivity index (χ4n) is 3.13. The first-order valence-electron chi connectivity index (χ1n) is 10.8. The molecule has 1 aliphatic rings. The van der Waals surface area contributed by atoms with E-state index < -0.39 is 57.9 Å². The van der Waals surface area contributed by atoms with Crippen molar-refractivity contribution in [2.24, 2.45) is 0 Å². The lowest BCUT2D eigenvalue weighted by molar-refractivity contribution is -0.138. The van der Waals surface area contributed by atoms with E-state index in [9.17, 15) is 31.9 Å². The molecule has 1 aliphatic carbocycles. The van der Waals surface area contributed by atoms with Crippen LogP contribution >= 0.6 is 0 Å². The fourth-order valence-corrected chi connectivity index (χ4v) is 3.13. The largest absolute Gasteiger partial charge is 0.462 e. The van der Waals surface area contributed by atoms with Crippen molar-refractivity contribution in [3.63, 3.8) is 0 Å². The van der Waals surface area contributed by atoms with E-state index in [4.69, 9.17) is 9.47 Å². The van der Waals surface area contributed by atoms with Crippen LogP contribution in [0.4, 0.5) is 22.4 Å². The third-order valence-electron chi connectivity index (χ3n) is 4.96. The first-order chi connectivity index (χ1) is 15.9. The molecule has 0 spiro atoms. The van der Waals surface area contributed by atoms with E-state index in [2.05, 4.69) is 5.32 Å². The van der Waals surface area contributed by atoms with E-state index in [0.29, 0.717) is 0 Å². The van der Waals surface area contributed by atoms with Crippen LogP contribution in [0.1, 0.15) is 57.3 Å². The number of alkyl carbamates (subject to hydrolysis) is 1. The molecule has 0 heterocycles. The molecule has 0 atom stereocenters. The Kier molecular flexibility index (Phi) is 9.06. The number of carbonyl (C=O) groups excluding carboxylic acids is 3. The predicted octanol–water partition coefficient (Wildman–Crippen LogP) is 4.25. The number of ether oxygens (including phenoxy) is 2. The van der Waals surface area contributed by atoms with Crippen LogP contribution < -0.4 is 5.32 Å². The number of benzene rings is 1. The second-order valence-corrected chi connectivity index (χ2v) is 8.69. The molecule has 34 heavy (non-hydrogen) atoms. The van der Waals surface area contributed by atoms with Crippen LogP contribution in [0.25, 0.3) is 0 Å². The molecule has 0 bridgehead atoms. The van der Waals surface area contributed by atoms with Gasteiger partial charge in [0.2, 0.25) is 5.78 Å². The average molecular weight is 488 g/mol. The summed E-state index contributed by atoms with van der Waals surface area (Å²) in [6.45, 7) is 6.69. The molecule has 2 rings (SSSR count). The van der Waals surface area contributed by atoms with Crippen LogP contribution in [0.2, 0.25) is 0 Å². The Hall–Kier alpha value is -3.11. The van der Waals surface area contributed by atoms with Crippen molar-refractivity contribution in [3.8, 4) is 0 Å². The van der Waals surface area contributed by atoms with E-state index in [1.165, 1.54) is 6.92 Å². The maximum atomic E-state index is 14.2. The van der Waals surface area contributed by atoms with Crippen molar-refractivity contribution >= 4 is 17.8 Å². The van der Waals surface area contributed by atoms with Crippen LogP contribution in [-0.4, -0.2) is 54.1 Å². The fraction of sp³-hybridized carbons (Fsp3) is 0.522. The number of carbonyl (C=O) groups is 3. The summed E-state index contributed by atoms with van der Waals surface area (Å²) in [5.41, 5.74) is -2.53. The maximum Gasteiger partial charge on any atom is 0.407 e. The highest BCUT2D eigenvalue weighted by molar-refractivity contribution is 6.24. The molecule has 1 amide bonds. The monoisotopic (exact) mass is 488 g/mol. The van der Waals surface area contributed by atoms with Crippen molar-refractivity contribution < 1.29 is 41.4 Å². The lowest BCUT2D eigenvalue weighted by atomic mass is 9.91. The van der Waals surface area contributed by atoms with Gasteiger partial charge in [-0.3, -0.25) is 4.79 Å². The van der Waals surface area contributed by atoms with Crippen LogP contribution in [0.15, 0.2) is 17.8 Å². The highest BCUT2D eigenvalue weighted by Gasteiger charge is 2.31. The number of amides is 1. The molecule has 0 unspecified atom stereocenters. The Morgan fingerprint density at radius 3 is 2.29 bits per heavy atom. The van der Waals surface area contributed by atoms with Gasteiger partial charge in [0.15, 0.2) is 23.3 Å². The lowest BCUT2D eigenvalue weighted by Crippen LogP contribution is -2.43. The number of hydrogen-bond donors (Lipinski definition) is 1. The Balaban J connectivity index is 2.33. The Bertz CT molecular complexity index is 971. The number of rotatable bonds is 9. The minimum atomic E-state index is -2.16. The third kappa shape index (κ3) is 6.94. The van der Waals surface area contributed by atoms with Crippen LogP contribution in [-0.2, 0) is 14.3 Å². The zero-order valence-corrected chi connectivity index (χ0v) is 19.5. The molecule has 0 radical (unpaired) electrons. The van der Waals surface area contributed by atoms with Crippen LogP contribution in [0.5, 0.6) is 0 Å². The molecular formula is C23H28F4N2O5. The number of halogens is 4. The summed E-state index contributed by atoms with van der Waals surface area (Å²) in [6.07, 6.45) is 2.80. The molecule has 1 aromatic carbocycles. The van der Waals surface area contributed by atoms with Crippen molar-refractivity contribution in [2.75, 3.05) is 19.7 Å². The minimum Gasteiger partial charge on any atom is -0.462 e. The van der Waals surface area contributed by atoms with Crippen LogP contribution in [0.3, 0.4) is 0 Å². The Morgan fingerprint density at radius 2 is 1.76 bits per heavy atom. The number of ketones is 1. The molecule has 0 saturated heterocycles. The van der Waals surface area contributed by atoms with Gasteiger partial charge in [-0.1, -0.05) is 0 Å². The number of nitrogens with zero attached hydrogens (tertiary/aromatic N) is 1. The predicted molar refractivity (Wildman–Crippen MR) is 114 cm³/mol. The zero-order valence-electron chi connectivity index (χ0n) is 19.5. The van der Waals surface area contributed by atoms with Gasteiger partial charge in [0.1, 0.15) is 11.2 Å². The molecule has 7 nitrogen and oxygen atoms in total. The van der Waals surface area contributed by atoms with Crippen LogP contribution in [0, 0.1) is 23.3 Å². The standard InChI is InChI=1S/C23H28F4N2O5/c1-5-33-21(31)15(20(30)14-11-16(24)18(26)19(27)17(14)25)12-29(13-7-6-8-13)10-9-28-22(32)34-23(2,3)4/h11-13H,5-10H2,1-4H3,(H,28,32). The molecule has 1 saturated carbocycles. The lowest BCUT2D eigenvalue weighted by Gasteiger charge is -2.37. The summed E-state index contributed by atoms with van der Waals surface area (Å²) in [7, 11) is 0. The van der Waals surface area contributed by atoms with Crippen molar-refractivity contribution in [2.45, 2.75) is 58.6 Å². The molecule has 1 fully saturated rings. The molecule has 188 valence electrons. The highest BCUT2D eigenvalue weighted by atomic mass is 19.2. The van der Waals surface area contributed by atoms with Gasteiger partial charge in [-0.05, 0) is 53.0 Å². The highest BCUT2D eigenvalue weighted by Crippen LogP contribution is 2.27. The number of nitrogens with one attached hydrogen (secondary N) is 1. The van der Waals surface area contributed by atoms with Gasteiger partial charge >= 0.3 is 12.1 Å². The number of Topliss-reactive ketones (excluding diaryl/α,β-unsaturated/α-hetero) is 1. The molecule has 1 aromatic rings. The smallest absolute Gasteiger partial charge is 0.407 e. The molecule has 1 N–H and O–H groups in total. The Morgan fingerprint density at radius 1 is 1.12 bits per heavy atom. The van der Waals surface area contributed by atoms with Gasteiger partial charge in [-0.2, -0.15) is 0 Å². The van der Waals surface area contributed by atoms with Gasteiger partial charge in [-0.15, -0.1) is 0 Å². The second-order valence-electron chi connectivity index (χ2n) is 8.69. The first-order valence-corrected chi connectivity index (χ1v) is 10.8. The van der Waals surface area contributed by atoms with E-state index in [-0.39, 0.29) is 31.8 Å². The van der Waals surface area contributed by atoms with Crippen molar-refractivity contribution in [1.82, 2.24) is 10.2 Å². The topological polar surface area (TPSA) is 84.9 Å². The van der Waals surface area contributed by atoms with E-state index >= 15 is 0 Å². The first kappa shape index (κ1) is 27.1. The van der Waals surface area contributed by atoms with Gasteiger partial charge in [0.25, 0.3) is 0 Å². The summed E-state index contributed by atoms with van der Waals surface area (Å²) >= 11 is 0. The average Bonchev–Trinajstić information content (AvgIpc) is 2.69. The summed E-state index contributed by atoms with van der Waals surface area (Å²) in [4.78, 5) is 38.9. The molecule has 0 aliphatic heterocycles. The van der Waals surface area contributed by atoms with Gasteiger partial charge in [-0.25, -0.2) is 27.2 Å². The summed E-state index contributed by atoms with van der Waals surface area (Å²) in [5, 5.41) is 2.56. The van der Waals surface area contributed by atoms with Gasteiger partial charge in [0, 0.05) is 25.3 Å². The number of hydrogen-bond acceptors (Lipinski definition) is 6.